The molecule has 120 heavy (non-hydrogen) atoms. The molecule has 8 bridgehead atoms. The van der Waals surface area contributed by atoms with Gasteiger partial charge in [0, 0.05) is 44.3 Å². The fourth-order valence-electron chi connectivity index (χ4n) is 24.8. The highest BCUT2D eigenvalue weighted by Crippen LogP contribution is 2.60. The lowest BCUT2D eigenvalue weighted by molar-refractivity contribution is 0.420. The molecule has 0 radical (unpaired) electrons. The van der Waals surface area contributed by atoms with Gasteiger partial charge in [0.05, 0.1) is 11.4 Å². The van der Waals surface area contributed by atoms with Crippen molar-refractivity contribution in [1.82, 2.24) is 0 Å². The minimum absolute atomic E-state index is 0.189. The van der Waals surface area contributed by atoms with Gasteiger partial charge in [0.1, 0.15) is 0 Å². The van der Waals surface area contributed by atoms with Crippen molar-refractivity contribution in [3.63, 3.8) is 0 Å². The number of nitrogens with zero attached hydrogens (tertiary/aromatic N) is 2. The van der Waals surface area contributed by atoms with Gasteiger partial charge in [0.25, 0.3) is 0 Å². The van der Waals surface area contributed by atoms with Crippen LogP contribution in [0.15, 0.2) is 267 Å². The lowest BCUT2D eigenvalue weighted by atomic mass is 9.80. The van der Waals surface area contributed by atoms with Crippen molar-refractivity contribution in [2.45, 2.75) is 231 Å². The molecule has 0 N–H and O–H groups in total. The van der Waals surface area contributed by atoms with Crippen molar-refractivity contribution < 1.29 is 0 Å². The lowest BCUT2D eigenvalue weighted by Crippen LogP contribution is -2.20. The number of hydrogen-bond acceptors (Lipinski definition) is 2. The van der Waals surface area contributed by atoms with Crippen LogP contribution in [0.3, 0.4) is 0 Å². The van der Waals surface area contributed by atoms with E-state index in [1.807, 2.05) is 0 Å². The molecule has 0 saturated heterocycles. The van der Waals surface area contributed by atoms with E-state index in [1.165, 1.54) is 236 Å². The first kappa shape index (κ1) is 77.3. The minimum atomic E-state index is -0.189. The zero-order valence-electron chi connectivity index (χ0n) is 73.5. The lowest BCUT2D eigenvalue weighted by Gasteiger charge is -2.36. The Kier molecular flexibility index (Phi) is 19.3. The van der Waals surface area contributed by atoms with Gasteiger partial charge in [-0.15, -0.1) is 0 Å². The minimum Gasteiger partial charge on any atom is -0.309 e. The molecule has 8 aliphatic rings. The molecule has 0 aliphatic heterocycles. The standard InChI is InChI=1S/C118H124N2/c1-115(2,3)97-67-98(116(4,5)6)70-103(69-97)119(101-61-93(79-31-39-83(40-32-79)107-55-73-23-27-89(107)51-73)59-94(62-101)80-33-41-84(42-34-80)108-56-74-24-28-90(108)52-74)113-105-49-47-88(78-21-17-14-18-22-78)66-112(105)114(106-50-48-87(65-111(106)113)77-19-15-13-16-20-77)120(104-71-99(117(7,8)9)68-100(72-104)118(10,11)12)102-63-95(81-35-43-85(44-36-81)109-57-75-25-29-91(109)53-75)60-96(64-102)82-37-45-86(46-38-82)110-58-76-26-30-92(110)54-76/h13-22,31-50,59-76,89-92,107-110H,23-30,51-58H2,1-12H3/t73?,74?,75?,76?,89-,90?,91?,92?,107?,108?,109?,110?/m1/s1. The Morgan fingerprint density at radius 2 is 0.442 bits per heavy atom. The van der Waals surface area contributed by atoms with E-state index in [0.29, 0.717) is 23.7 Å². The Balaban J connectivity index is 0.870. The number of benzene rings is 13. The van der Waals surface area contributed by atoms with Crippen LogP contribution in [0.25, 0.3) is 88.3 Å². The summed E-state index contributed by atoms with van der Waals surface area (Å²) in [6.07, 6.45) is 22.0. The molecule has 8 saturated carbocycles. The summed E-state index contributed by atoms with van der Waals surface area (Å²) in [7, 11) is 0. The number of fused-ring (bicyclic) bond motifs is 10. The molecule has 21 rings (SSSR count). The zero-order chi connectivity index (χ0) is 81.8. The third kappa shape index (κ3) is 14.5. The summed E-state index contributed by atoms with van der Waals surface area (Å²) in [4.78, 5) is 5.52. The first-order valence-electron chi connectivity index (χ1n) is 46.6. The second-order valence-corrected chi connectivity index (χ2v) is 43.3. The van der Waals surface area contributed by atoms with Gasteiger partial charge in [-0.25, -0.2) is 0 Å². The third-order valence-corrected chi connectivity index (χ3v) is 31.5. The van der Waals surface area contributed by atoms with Gasteiger partial charge in [0.2, 0.25) is 0 Å². The molecule has 0 amide bonds. The predicted molar refractivity (Wildman–Crippen MR) is 511 cm³/mol. The fraction of sp³-hybridized carbons (Fsp3) is 0.373. The molecule has 13 aromatic carbocycles. The molecule has 8 fully saturated rings. The molecule has 13 aromatic rings. The number of hydrogen-bond donors (Lipinski definition) is 0. The van der Waals surface area contributed by atoms with Crippen LogP contribution in [-0.4, -0.2) is 0 Å². The highest BCUT2D eigenvalue weighted by molar-refractivity contribution is 6.25. The zero-order valence-corrected chi connectivity index (χ0v) is 73.5. The molecular weight excluding hydrogens is 1450 g/mol. The van der Waals surface area contributed by atoms with E-state index in [0.717, 1.165) is 81.5 Å². The second-order valence-electron chi connectivity index (χ2n) is 43.3. The molecule has 11 unspecified atom stereocenters. The summed E-state index contributed by atoms with van der Waals surface area (Å²) in [6.45, 7) is 29.0. The first-order chi connectivity index (χ1) is 57.8. The summed E-state index contributed by atoms with van der Waals surface area (Å²) in [6, 6.07) is 108. The van der Waals surface area contributed by atoms with Crippen molar-refractivity contribution in [2.75, 3.05) is 9.80 Å². The van der Waals surface area contributed by atoms with E-state index < -0.39 is 0 Å². The maximum Gasteiger partial charge on any atom is 0.0620 e. The van der Waals surface area contributed by atoms with Crippen LogP contribution >= 0.6 is 0 Å². The molecule has 0 heterocycles. The van der Waals surface area contributed by atoms with Crippen molar-refractivity contribution in [3.8, 4) is 66.8 Å². The van der Waals surface area contributed by atoms with E-state index in [2.05, 4.69) is 360 Å². The van der Waals surface area contributed by atoms with Crippen LogP contribution in [0.1, 0.15) is 254 Å². The Labute approximate surface area is 717 Å². The molecule has 8 aliphatic carbocycles. The largest absolute Gasteiger partial charge is 0.309 e. The summed E-state index contributed by atoms with van der Waals surface area (Å²) in [5, 5.41) is 4.71. The van der Waals surface area contributed by atoms with E-state index in [9.17, 15) is 0 Å². The normalized spacial score (nSPS) is 23.6. The highest BCUT2D eigenvalue weighted by Gasteiger charge is 2.44. The molecule has 2 heteroatoms. The summed E-state index contributed by atoms with van der Waals surface area (Å²) < 4.78 is 0. The van der Waals surface area contributed by atoms with Crippen molar-refractivity contribution in [3.05, 3.63) is 311 Å². The number of anilines is 6. The Morgan fingerprint density at radius 1 is 0.200 bits per heavy atom. The summed E-state index contributed by atoms with van der Waals surface area (Å²) >= 11 is 0. The monoisotopic (exact) mass is 1570 g/mol. The quantitative estimate of drug-likeness (QED) is 0.0703. The smallest absolute Gasteiger partial charge is 0.0620 e. The SMILES string of the molecule is CC(C)(C)c1cc(N(c2cc(-c3ccc(C4CC5CCC4C5)cc3)cc(-c3ccc(C4CC5CCC4C5)cc3)c2)c2c3ccc(-c4ccccc4)cc3c(N(c3cc(-c4ccc(C5CC6CCC5C6)cc4)cc(-c4ccc(C5CC6CC[C@@H]5C6)cc4)c3)c3cc(C(C)(C)C)cc(C(C)(C)C)c3)c3ccc(-c4ccccc4)cc23)cc(C(C)(C)C)c1. The van der Waals surface area contributed by atoms with Gasteiger partial charge in [0.15, 0.2) is 0 Å². The predicted octanol–water partition coefficient (Wildman–Crippen LogP) is 33.7. The van der Waals surface area contributed by atoms with E-state index >= 15 is 0 Å². The second kappa shape index (κ2) is 29.9. The van der Waals surface area contributed by atoms with Crippen LogP contribution in [-0.2, 0) is 21.7 Å². The van der Waals surface area contributed by atoms with Crippen molar-refractivity contribution in [1.29, 1.82) is 0 Å². The average molecular weight is 1570 g/mol. The number of rotatable bonds is 16. The Bertz CT molecular complexity index is 5410. The van der Waals surface area contributed by atoms with E-state index in [-0.39, 0.29) is 21.7 Å². The van der Waals surface area contributed by atoms with Gasteiger partial charge >= 0.3 is 0 Å². The fourth-order valence-corrected chi connectivity index (χ4v) is 24.8. The third-order valence-electron chi connectivity index (χ3n) is 31.5. The molecule has 2 nitrogen and oxygen atoms in total. The molecule has 12 atom stereocenters. The van der Waals surface area contributed by atoms with Gasteiger partial charge in [-0.2, -0.15) is 0 Å². The van der Waals surface area contributed by atoms with Crippen LogP contribution in [0.2, 0.25) is 0 Å². The van der Waals surface area contributed by atoms with Gasteiger partial charge < -0.3 is 9.80 Å². The topological polar surface area (TPSA) is 6.48 Å². The Morgan fingerprint density at radius 3 is 0.675 bits per heavy atom. The van der Waals surface area contributed by atoms with Gasteiger partial charge in [-0.3, -0.25) is 0 Å². The molecule has 0 aromatic heterocycles. The maximum atomic E-state index is 2.76. The van der Waals surface area contributed by atoms with Crippen LogP contribution < -0.4 is 9.80 Å². The Hall–Kier alpha value is -10.0. The average Bonchev–Trinajstić information content (AvgIpc) is 1.03. The van der Waals surface area contributed by atoms with E-state index in [4.69, 9.17) is 0 Å². The van der Waals surface area contributed by atoms with E-state index in [1.54, 1.807) is 0 Å². The van der Waals surface area contributed by atoms with Crippen LogP contribution in [0.5, 0.6) is 0 Å². The van der Waals surface area contributed by atoms with Gasteiger partial charge in [-0.05, 0) is 354 Å². The summed E-state index contributed by atoms with van der Waals surface area (Å²) in [5.41, 5.74) is 32.1. The molecular formula is C118H124N2. The van der Waals surface area contributed by atoms with Crippen molar-refractivity contribution >= 4 is 55.7 Å². The van der Waals surface area contributed by atoms with Gasteiger partial charge in [-0.1, -0.05) is 303 Å². The van der Waals surface area contributed by atoms with Crippen LogP contribution in [0, 0.1) is 47.3 Å². The molecule has 0 spiro atoms. The first-order valence-corrected chi connectivity index (χ1v) is 46.6. The van der Waals surface area contributed by atoms with Crippen LogP contribution in [0.4, 0.5) is 34.1 Å². The highest BCUT2D eigenvalue weighted by atomic mass is 15.2. The van der Waals surface area contributed by atoms with Crippen molar-refractivity contribution in [2.24, 2.45) is 47.3 Å². The molecule has 606 valence electrons. The maximum absolute atomic E-state index is 2.76. The summed E-state index contributed by atoms with van der Waals surface area (Å²) in [5.74, 6) is 9.32.